The third kappa shape index (κ3) is 1.02. The van der Waals surface area contributed by atoms with E-state index in [1.165, 1.54) is 19.3 Å². The van der Waals surface area contributed by atoms with Gasteiger partial charge in [-0.15, -0.1) is 0 Å². The predicted molar refractivity (Wildman–Crippen MR) is 65.7 cm³/mol. The van der Waals surface area contributed by atoms with Crippen LogP contribution in [0.4, 0.5) is 0 Å². The summed E-state index contributed by atoms with van der Waals surface area (Å²) in [5.41, 5.74) is 0.691. The second-order valence-electron chi connectivity index (χ2n) is 7.48. The van der Waals surface area contributed by atoms with Gasteiger partial charge in [-0.1, -0.05) is 27.7 Å². The molecule has 0 amide bonds. The second-order valence-corrected chi connectivity index (χ2v) is 7.48. The molecule has 2 aliphatic carbocycles. The number of hydrogen-bond acceptors (Lipinski definition) is 2. The van der Waals surface area contributed by atoms with Crippen molar-refractivity contribution in [1.29, 1.82) is 0 Å². The quantitative estimate of drug-likeness (QED) is 0.603. The maximum Gasteiger partial charge on any atom is 0.111 e. The van der Waals surface area contributed by atoms with E-state index >= 15 is 0 Å². The highest BCUT2D eigenvalue weighted by molar-refractivity contribution is 5.23. The van der Waals surface area contributed by atoms with Gasteiger partial charge in [-0.3, -0.25) is 0 Å². The van der Waals surface area contributed by atoms with Crippen LogP contribution in [0.1, 0.15) is 47.0 Å². The van der Waals surface area contributed by atoms with Gasteiger partial charge in [0.15, 0.2) is 0 Å². The van der Waals surface area contributed by atoms with Crippen molar-refractivity contribution in [1.82, 2.24) is 0 Å². The van der Waals surface area contributed by atoms with Crippen molar-refractivity contribution in [3.63, 3.8) is 0 Å². The Morgan fingerprint density at radius 2 is 1.82 bits per heavy atom. The Balaban J connectivity index is 1.78. The largest absolute Gasteiger partial charge is 0.371 e. The summed E-state index contributed by atoms with van der Waals surface area (Å²) < 4.78 is 12.4. The molecule has 96 valence electrons. The summed E-state index contributed by atoms with van der Waals surface area (Å²) in [5.74, 6) is 1.50. The maximum absolute atomic E-state index is 6.46. The normalized spacial score (nSPS) is 68.5. The highest BCUT2D eigenvalue weighted by atomic mass is 16.6. The van der Waals surface area contributed by atoms with Crippen LogP contribution in [-0.2, 0) is 9.47 Å². The average molecular weight is 236 g/mol. The SMILES string of the molecule is C[C@@H]1CC[C@@]2(C)[C@@H](C1)O[C@@H]1C3OC3[C@@]2(C)[C@@H]1C. The Hall–Kier alpha value is -0.0800. The Kier molecular flexibility index (Phi) is 1.85. The van der Waals surface area contributed by atoms with Crippen LogP contribution in [0, 0.1) is 22.7 Å². The van der Waals surface area contributed by atoms with Crippen molar-refractivity contribution < 1.29 is 9.47 Å². The molecule has 2 heteroatoms. The highest BCUT2D eigenvalue weighted by Gasteiger charge is 2.77. The van der Waals surface area contributed by atoms with Gasteiger partial charge in [-0.25, -0.2) is 0 Å². The van der Waals surface area contributed by atoms with Crippen molar-refractivity contribution >= 4 is 0 Å². The summed E-state index contributed by atoms with van der Waals surface area (Å²) in [6, 6.07) is 0. The molecule has 2 unspecified atom stereocenters. The molecular weight excluding hydrogens is 212 g/mol. The predicted octanol–water partition coefficient (Wildman–Crippen LogP) is 3.00. The Morgan fingerprint density at radius 3 is 2.59 bits per heavy atom. The van der Waals surface area contributed by atoms with Gasteiger partial charge < -0.3 is 9.47 Å². The van der Waals surface area contributed by atoms with Crippen molar-refractivity contribution in [2.75, 3.05) is 0 Å². The van der Waals surface area contributed by atoms with Crippen LogP contribution >= 0.6 is 0 Å². The minimum absolute atomic E-state index is 0.339. The molecule has 17 heavy (non-hydrogen) atoms. The van der Waals surface area contributed by atoms with Crippen LogP contribution in [0.2, 0.25) is 0 Å². The van der Waals surface area contributed by atoms with E-state index in [1.54, 1.807) is 0 Å². The average Bonchev–Trinajstić information content (AvgIpc) is 3.03. The fourth-order valence-corrected chi connectivity index (χ4v) is 5.24. The van der Waals surface area contributed by atoms with E-state index in [9.17, 15) is 0 Å². The van der Waals surface area contributed by atoms with E-state index in [0.29, 0.717) is 41.2 Å². The molecule has 4 fully saturated rings. The lowest BCUT2D eigenvalue weighted by molar-refractivity contribution is -0.240. The molecule has 2 saturated heterocycles. The van der Waals surface area contributed by atoms with Crippen molar-refractivity contribution in [3.05, 3.63) is 0 Å². The van der Waals surface area contributed by atoms with Crippen LogP contribution in [0.25, 0.3) is 0 Å². The molecule has 2 aliphatic heterocycles. The number of rotatable bonds is 0. The standard InChI is InChI=1S/C15H24O2/c1-8-5-6-14(3)10(7-8)16-11-9(2)15(14,4)13-12(11)17-13/h8-13H,5-7H2,1-4H3/t8-,9-,10-,11+,12?,13?,14+,15-/m1/s1. The van der Waals surface area contributed by atoms with Crippen LogP contribution in [0.3, 0.4) is 0 Å². The fraction of sp³-hybridized carbons (Fsp3) is 1.00. The Bertz CT molecular complexity index is 368. The van der Waals surface area contributed by atoms with Gasteiger partial charge in [0.05, 0.1) is 18.3 Å². The first-order valence-electron chi connectivity index (χ1n) is 7.29. The summed E-state index contributed by atoms with van der Waals surface area (Å²) in [6.07, 6.45) is 5.72. The lowest BCUT2D eigenvalue weighted by atomic mass is 9.51. The summed E-state index contributed by atoms with van der Waals surface area (Å²) in [4.78, 5) is 0. The zero-order chi connectivity index (χ0) is 12.0. The van der Waals surface area contributed by atoms with E-state index in [0.717, 1.165) is 5.92 Å². The van der Waals surface area contributed by atoms with Crippen molar-refractivity contribution in [2.24, 2.45) is 22.7 Å². The summed E-state index contributed by atoms with van der Waals surface area (Å²) in [6.45, 7) is 9.72. The molecule has 2 saturated carbocycles. The van der Waals surface area contributed by atoms with Gasteiger partial charge in [-0.05, 0) is 31.1 Å². The van der Waals surface area contributed by atoms with E-state index in [2.05, 4.69) is 27.7 Å². The van der Waals surface area contributed by atoms with Crippen LogP contribution in [-0.4, -0.2) is 24.4 Å². The monoisotopic (exact) mass is 236 g/mol. The maximum atomic E-state index is 6.46. The zero-order valence-corrected chi connectivity index (χ0v) is 11.4. The minimum Gasteiger partial charge on any atom is -0.371 e. The van der Waals surface area contributed by atoms with Crippen molar-refractivity contribution in [2.45, 2.75) is 71.4 Å². The molecule has 0 aromatic carbocycles. The summed E-state index contributed by atoms with van der Waals surface area (Å²) >= 11 is 0. The molecule has 0 aromatic heterocycles. The first-order valence-corrected chi connectivity index (χ1v) is 7.29. The van der Waals surface area contributed by atoms with E-state index in [4.69, 9.17) is 9.47 Å². The number of epoxide rings is 1. The molecule has 0 N–H and O–H groups in total. The molecule has 0 radical (unpaired) electrons. The fourth-order valence-electron chi connectivity index (χ4n) is 5.24. The lowest BCUT2D eigenvalue weighted by Gasteiger charge is -2.59. The molecule has 4 rings (SSSR count). The topological polar surface area (TPSA) is 21.8 Å². The third-order valence-electron chi connectivity index (χ3n) is 6.91. The van der Waals surface area contributed by atoms with Crippen LogP contribution in [0.5, 0.6) is 0 Å². The zero-order valence-electron chi connectivity index (χ0n) is 11.4. The first kappa shape index (κ1) is 10.8. The van der Waals surface area contributed by atoms with Crippen LogP contribution in [0.15, 0.2) is 0 Å². The Morgan fingerprint density at radius 1 is 1.06 bits per heavy atom. The lowest BCUT2D eigenvalue weighted by Crippen LogP contribution is -2.60. The molecule has 2 bridgehead atoms. The van der Waals surface area contributed by atoms with Gasteiger partial charge in [0, 0.05) is 10.8 Å². The molecule has 0 aromatic rings. The van der Waals surface area contributed by atoms with Gasteiger partial charge >= 0.3 is 0 Å². The molecule has 0 spiro atoms. The Labute approximate surface area is 104 Å². The molecule has 8 atom stereocenters. The molecule has 4 aliphatic rings. The summed E-state index contributed by atoms with van der Waals surface area (Å²) in [5, 5.41) is 0. The van der Waals surface area contributed by atoms with E-state index in [-0.39, 0.29) is 0 Å². The van der Waals surface area contributed by atoms with Gasteiger partial charge in [0.25, 0.3) is 0 Å². The van der Waals surface area contributed by atoms with Gasteiger partial charge in [-0.2, -0.15) is 0 Å². The van der Waals surface area contributed by atoms with Crippen molar-refractivity contribution in [3.8, 4) is 0 Å². The third-order valence-corrected chi connectivity index (χ3v) is 6.91. The number of ether oxygens (including phenoxy) is 2. The number of hydrogen-bond donors (Lipinski definition) is 0. The van der Waals surface area contributed by atoms with Crippen LogP contribution < -0.4 is 0 Å². The number of fused-ring (bicyclic) bond motifs is 7. The van der Waals surface area contributed by atoms with Gasteiger partial charge in [0.2, 0.25) is 0 Å². The van der Waals surface area contributed by atoms with E-state index in [1.807, 2.05) is 0 Å². The van der Waals surface area contributed by atoms with Gasteiger partial charge in [0.1, 0.15) is 6.10 Å². The molecule has 2 heterocycles. The smallest absolute Gasteiger partial charge is 0.111 e. The highest BCUT2D eigenvalue weighted by Crippen LogP contribution is 2.70. The van der Waals surface area contributed by atoms with E-state index < -0.39 is 0 Å². The summed E-state index contributed by atoms with van der Waals surface area (Å²) in [7, 11) is 0. The second kappa shape index (κ2) is 2.91. The molecule has 2 nitrogen and oxygen atoms in total. The first-order chi connectivity index (χ1) is 7.98. The molecular formula is C15H24O2. The minimum atomic E-state index is 0.339.